The van der Waals surface area contributed by atoms with E-state index >= 15 is 0 Å². The first-order chi connectivity index (χ1) is 12.5. The summed E-state index contributed by atoms with van der Waals surface area (Å²) in [6.07, 6.45) is 0. The van der Waals surface area contributed by atoms with Gasteiger partial charge in [0.15, 0.2) is 0 Å². The molecule has 0 unspecified atom stereocenters. The molecule has 1 saturated heterocycles. The minimum Gasteiger partial charge on any atom is -0.361 e. The molecular formula is C19H23N3O3S. The Morgan fingerprint density at radius 3 is 2.38 bits per heavy atom. The van der Waals surface area contributed by atoms with Crippen molar-refractivity contribution in [1.82, 2.24) is 15.0 Å². The van der Waals surface area contributed by atoms with Gasteiger partial charge in [-0.3, -0.25) is 9.59 Å². The second-order valence-electron chi connectivity index (χ2n) is 6.39. The molecule has 0 aliphatic carbocycles. The lowest BCUT2D eigenvalue weighted by Gasteiger charge is -2.34. The lowest BCUT2D eigenvalue weighted by atomic mass is 10.2. The number of carbonyl (C=O) groups is 2. The van der Waals surface area contributed by atoms with E-state index in [0.717, 1.165) is 21.9 Å². The molecule has 6 nitrogen and oxygen atoms in total. The Hall–Kier alpha value is -2.28. The van der Waals surface area contributed by atoms with Gasteiger partial charge in [0.1, 0.15) is 5.76 Å². The molecule has 2 heterocycles. The molecule has 1 aliphatic rings. The van der Waals surface area contributed by atoms with Crippen molar-refractivity contribution in [3.8, 4) is 0 Å². The molecule has 138 valence electrons. The van der Waals surface area contributed by atoms with E-state index < -0.39 is 0 Å². The summed E-state index contributed by atoms with van der Waals surface area (Å²) in [4.78, 5) is 29.0. The van der Waals surface area contributed by atoms with Gasteiger partial charge in [-0.15, -0.1) is 11.8 Å². The van der Waals surface area contributed by atoms with Gasteiger partial charge < -0.3 is 14.3 Å². The quantitative estimate of drug-likeness (QED) is 0.771. The third-order valence-electron chi connectivity index (χ3n) is 4.68. The Bertz CT molecular complexity index is 791. The lowest BCUT2D eigenvalue weighted by Crippen LogP contribution is -2.50. The summed E-state index contributed by atoms with van der Waals surface area (Å²) in [7, 11) is 0. The molecule has 0 saturated carbocycles. The molecule has 0 N–H and O–H groups in total. The maximum atomic E-state index is 13.0. The van der Waals surface area contributed by atoms with Crippen molar-refractivity contribution in [1.29, 1.82) is 0 Å². The van der Waals surface area contributed by atoms with Gasteiger partial charge in [0.25, 0.3) is 5.91 Å². The molecule has 1 aromatic carbocycles. The van der Waals surface area contributed by atoms with E-state index in [1.165, 1.54) is 0 Å². The molecule has 7 heteroatoms. The number of piperazine rings is 1. The van der Waals surface area contributed by atoms with Crippen LogP contribution in [0.15, 0.2) is 33.7 Å². The van der Waals surface area contributed by atoms with Gasteiger partial charge in [-0.05, 0) is 26.0 Å². The van der Waals surface area contributed by atoms with Crippen molar-refractivity contribution in [2.75, 3.05) is 26.2 Å². The van der Waals surface area contributed by atoms with E-state index in [1.54, 1.807) is 23.6 Å². The second kappa shape index (κ2) is 7.95. The Balaban J connectivity index is 1.71. The highest BCUT2D eigenvalue weighted by molar-refractivity contribution is 7.98. The SMILES string of the molecule is CC(=O)N1CCN(C(=O)c2ccccc2SCc2c(C)noc2C)CC1. The predicted molar refractivity (Wildman–Crippen MR) is 100 cm³/mol. The number of rotatable bonds is 4. The molecule has 0 atom stereocenters. The molecule has 3 rings (SSSR count). The Kier molecular flexibility index (Phi) is 5.66. The van der Waals surface area contributed by atoms with Crippen molar-refractivity contribution < 1.29 is 14.1 Å². The number of carbonyl (C=O) groups excluding carboxylic acids is 2. The second-order valence-corrected chi connectivity index (χ2v) is 7.40. The van der Waals surface area contributed by atoms with Crippen molar-refractivity contribution in [2.24, 2.45) is 0 Å². The predicted octanol–water partition coefficient (Wildman–Crippen LogP) is 2.89. The fourth-order valence-corrected chi connectivity index (χ4v) is 4.22. The molecule has 1 aliphatic heterocycles. The zero-order valence-corrected chi connectivity index (χ0v) is 16.1. The highest BCUT2D eigenvalue weighted by atomic mass is 32.2. The first-order valence-electron chi connectivity index (χ1n) is 8.65. The van der Waals surface area contributed by atoms with Crippen LogP contribution >= 0.6 is 11.8 Å². The Labute approximate surface area is 157 Å². The van der Waals surface area contributed by atoms with Gasteiger partial charge >= 0.3 is 0 Å². The van der Waals surface area contributed by atoms with Crippen molar-refractivity contribution in [2.45, 2.75) is 31.4 Å². The van der Waals surface area contributed by atoms with Crippen molar-refractivity contribution >= 4 is 23.6 Å². The number of hydrogen-bond donors (Lipinski definition) is 0. The standard InChI is InChI=1S/C19H23N3O3S/c1-13-17(14(2)25-20-13)12-26-18-7-5-4-6-16(18)19(24)22-10-8-21(9-11-22)15(3)23/h4-7H,8-12H2,1-3H3. The summed E-state index contributed by atoms with van der Waals surface area (Å²) in [5.41, 5.74) is 2.67. The number of benzene rings is 1. The van der Waals surface area contributed by atoms with E-state index in [0.29, 0.717) is 37.5 Å². The molecule has 2 aromatic rings. The molecule has 26 heavy (non-hydrogen) atoms. The van der Waals surface area contributed by atoms with Crippen LogP contribution in [0.4, 0.5) is 0 Å². The van der Waals surface area contributed by atoms with Gasteiger partial charge in [-0.1, -0.05) is 17.3 Å². The highest BCUT2D eigenvalue weighted by Crippen LogP contribution is 2.29. The van der Waals surface area contributed by atoms with Crippen LogP contribution in [0.3, 0.4) is 0 Å². The summed E-state index contributed by atoms with van der Waals surface area (Å²) in [5.74, 6) is 1.62. The van der Waals surface area contributed by atoms with Gasteiger partial charge in [0, 0.05) is 49.3 Å². The number of amides is 2. The normalized spacial score (nSPS) is 14.6. The molecular weight excluding hydrogens is 350 g/mol. The monoisotopic (exact) mass is 373 g/mol. The van der Waals surface area contributed by atoms with Crippen LogP contribution in [0.2, 0.25) is 0 Å². The third kappa shape index (κ3) is 3.93. The van der Waals surface area contributed by atoms with Gasteiger partial charge in [0.05, 0.1) is 11.3 Å². The van der Waals surface area contributed by atoms with Gasteiger partial charge in [0.2, 0.25) is 5.91 Å². The Morgan fingerprint density at radius 2 is 1.77 bits per heavy atom. The zero-order chi connectivity index (χ0) is 18.7. The average Bonchev–Trinajstić information content (AvgIpc) is 2.97. The average molecular weight is 373 g/mol. The number of hydrogen-bond acceptors (Lipinski definition) is 5. The van der Waals surface area contributed by atoms with Crippen molar-refractivity contribution in [3.05, 3.63) is 46.8 Å². The number of nitrogens with zero attached hydrogens (tertiary/aromatic N) is 3. The highest BCUT2D eigenvalue weighted by Gasteiger charge is 2.25. The smallest absolute Gasteiger partial charge is 0.255 e. The fraction of sp³-hybridized carbons (Fsp3) is 0.421. The van der Waals surface area contributed by atoms with Gasteiger partial charge in [-0.2, -0.15) is 0 Å². The van der Waals surface area contributed by atoms with Crippen LogP contribution in [0, 0.1) is 13.8 Å². The molecule has 2 amide bonds. The van der Waals surface area contributed by atoms with Crippen LogP contribution in [-0.4, -0.2) is 52.9 Å². The first kappa shape index (κ1) is 18.5. The number of thioether (sulfide) groups is 1. The minimum atomic E-state index is 0.0232. The molecule has 0 spiro atoms. The molecule has 0 bridgehead atoms. The van der Waals surface area contributed by atoms with E-state index in [-0.39, 0.29) is 11.8 Å². The summed E-state index contributed by atoms with van der Waals surface area (Å²) in [6, 6.07) is 7.68. The molecule has 0 radical (unpaired) electrons. The maximum absolute atomic E-state index is 13.0. The largest absolute Gasteiger partial charge is 0.361 e. The van der Waals surface area contributed by atoms with E-state index in [4.69, 9.17) is 4.52 Å². The van der Waals surface area contributed by atoms with Crippen molar-refractivity contribution in [3.63, 3.8) is 0 Å². The first-order valence-corrected chi connectivity index (χ1v) is 9.64. The van der Waals surface area contributed by atoms with E-state index in [1.807, 2.05) is 43.0 Å². The van der Waals surface area contributed by atoms with Crippen LogP contribution in [0.5, 0.6) is 0 Å². The topological polar surface area (TPSA) is 66.7 Å². The summed E-state index contributed by atoms with van der Waals surface area (Å²) in [6.45, 7) is 7.73. The van der Waals surface area contributed by atoms with Crippen LogP contribution < -0.4 is 0 Å². The van der Waals surface area contributed by atoms with Crippen LogP contribution in [0.25, 0.3) is 0 Å². The summed E-state index contributed by atoms with van der Waals surface area (Å²) in [5, 5.41) is 3.99. The maximum Gasteiger partial charge on any atom is 0.255 e. The third-order valence-corrected chi connectivity index (χ3v) is 5.78. The fourth-order valence-electron chi connectivity index (χ4n) is 3.02. The Morgan fingerprint density at radius 1 is 1.12 bits per heavy atom. The van der Waals surface area contributed by atoms with Crippen LogP contribution in [0.1, 0.15) is 34.3 Å². The van der Waals surface area contributed by atoms with E-state index in [9.17, 15) is 9.59 Å². The van der Waals surface area contributed by atoms with Crippen LogP contribution in [-0.2, 0) is 10.5 Å². The summed E-state index contributed by atoms with van der Waals surface area (Å²) >= 11 is 1.62. The molecule has 1 fully saturated rings. The summed E-state index contributed by atoms with van der Waals surface area (Å²) < 4.78 is 5.22. The molecule has 1 aromatic heterocycles. The van der Waals surface area contributed by atoms with Gasteiger partial charge in [-0.25, -0.2) is 0 Å². The number of aromatic nitrogens is 1. The lowest BCUT2D eigenvalue weighted by molar-refractivity contribution is -0.130. The van der Waals surface area contributed by atoms with E-state index in [2.05, 4.69) is 5.16 Å². The number of aryl methyl sites for hydroxylation is 2. The zero-order valence-electron chi connectivity index (χ0n) is 15.3. The minimum absolute atomic E-state index is 0.0232.